The number of methoxy groups -OCH3 is 1. The molecular weight excluding hydrogens is 538 g/mol. The first-order chi connectivity index (χ1) is 14.3. The van der Waals surface area contributed by atoms with E-state index in [4.69, 9.17) is 21.1 Å². The molecule has 1 heterocycles. The maximum atomic E-state index is 12.9. The van der Waals surface area contributed by atoms with Crippen LogP contribution >= 0.6 is 43.5 Å². The van der Waals surface area contributed by atoms with Gasteiger partial charge in [-0.1, -0.05) is 34.5 Å². The van der Waals surface area contributed by atoms with Crippen molar-refractivity contribution in [2.45, 2.75) is 33.3 Å². The van der Waals surface area contributed by atoms with Gasteiger partial charge in [0.25, 0.3) is 5.56 Å². The minimum atomic E-state index is -0.263. The van der Waals surface area contributed by atoms with Crippen molar-refractivity contribution in [3.8, 4) is 11.5 Å². The van der Waals surface area contributed by atoms with Gasteiger partial charge in [-0.25, -0.2) is 4.98 Å². The first kappa shape index (κ1) is 22.8. The average Bonchev–Trinajstić information content (AvgIpc) is 2.73. The lowest BCUT2D eigenvalue weighted by Crippen LogP contribution is -2.20. The Morgan fingerprint density at radius 2 is 2.07 bits per heavy atom. The Bertz CT molecular complexity index is 1190. The van der Waals surface area contributed by atoms with Gasteiger partial charge in [0.1, 0.15) is 10.8 Å². The quantitative estimate of drug-likeness (QED) is 0.351. The summed E-state index contributed by atoms with van der Waals surface area (Å²) in [4.78, 5) is 17.4. The summed E-state index contributed by atoms with van der Waals surface area (Å²) in [6, 6.07) is 7.12. The SMILES string of the molecule is CC[C@H](C)Oc1c(OC)cc(C=Nn2c(C)nc3ccc(Br)cc3c2=O)c(Br)c1Cl. The standard InChI is InChI=1S/C21H20Br2ClN3O3/c1-5-11(2)30-20-17(29-4)8-13(18(23)19(20)24)10-25-27-12(3)26-16-7-6-14(22)9-15(16)21(27)28/h6-11H,5H2,1-4H3/t11-/m0/s1. The second-order valence-electron chi connectivity index (χ2n) is 6.64. The van der Waals surface area contributed by atoms with Crippen LogP contribution in [-0.2, 0) is 0 Å². The van der Waals surface area contributed by atoms with Crippen LogP contribution in [0.5, 0.6) is 11.5 Å². The van der Waals surface area contributed by atoms with Crippen LogP contribution in [-0.4, -0.2) is 29.1 Å². The van der Waals surface area contributed by atoms with Crippen LogP contribution in [0, 0.1) is 6.92 Å². The second kappa shape index (κ2) is 9.49. The van der Waals surface area contributed by atoms with Gasteiger partial charge < -0.3 is 9.47 Å². The summed E-state index contributed by atoms with van der Waals surface area (Å²) >= 11 is 13.4. The highest BCUT2D eigenvalue weighted by Gasteiger charge is 2.18. The van der Waals surface area contributed by atoms with Crippen molar-refractivity contribution < 1.29 is 9.47 Å². The maximum absolute atomic E-state index is 12.9. The average molecular weight is 558 g/mol. The molecule has 0 aliphatic carbocycles. The Labute approximate surface area is 196 Å². The van der Waals surface area contributed by atoms with Gasteiger partial charge in [-0.15, -0.1) is 0 Å². The van der Waals surface area contributed by atoms with E-state index in [0.29, 0.717) is 43.3 Å². The summed E-state index contributed by atoms with van der Waals surface area (Å²) in [7, 11) is 1.55. The van der Waals surface area contributed by atoms with Crippen LogP contribution in [0.2, 0.25) is 5.02 Å². The molecule has 3 aromatic rings. The van der Waals surface area contributed by atoms with Crippen LogP contribution < -0.4 is 15.0 Å². The molecule has 0 amide bonds. The minimum Gasteiger partial charge on any atom is -0.493 e. The summed E-state index contributed by atoms with van der Waals surface area (Å²) in [6.45, 7) is 5.71. The topological polar surface area (TPSA) is 65.7 Å². The van der Waals surface area contributed by atoms with Crippen molar-refractivity contribution in [1.29, 1.82) is 0 Å². The van der Waals surface area contributed by atoms with E-state index in [1.807, 2.05) is 19.9 Å². The molecule has 0 radical (unpaired) electrons. The molecule has 0 saturated heterocycles. The highest BCUT2D eigenvalue weighted by atomic mass is 79.9. The normalized spacial score (nSPS) is 12.5. The third-order valence-corrected chi connectivity index (χ3v) is 6.49. The monoisotopic (exact) mass is 555 g/mol. The van der Waals surface area contributed by atoms with E-state index in [-0.39, 0.29) is 11.7 Å². The van der Waals surface area contributed by atoms with E-state index in [1.54, 1.807) is 32.2 Å². The summed E-state index contributed by atoms with van der Waals surface area (Å²) in [5.41, 5.74) is 0.986. The zero-order valence-corrected chi connectivity index (χ0v) is 20.8. The minimum absolute atomic E-state index is 0.0213. The molecular formula is C21H20Br2ClN3O3. The van der Waals surface area contributed by atoms with Crippen molar-refractivity contribution in [3.05, 3.63) is 60.0 Å². The maximum Gasteiger partial charge on any atom is 0.282 e. The molecule has 0 aliphatic rings. The Morgan fingerprint density at radius 3 is 2.73 bits per heavy atom. The molecule has 6 nitrogen and oxygen atoms in total. The van der Waals surface area contributed by atoms with E-state index >= 15 is 0 Å². The molecule has 0 unspecified atom stereocenters. The van der Waals surface area contributed by atoms with Gasteiger partial charge in [0, 0.05) is 14.5 Å². The highest BCUT2D eigenvalue weighted by molar-refractivity contribution is 9.10. The van der Waals surface area contributed by atoms with Gasteiger partial charge in [0.15, 0.2) is 11.5 Å². The van der Waals surface area contributed by atoms with Crippen LogP contribution in [0.15, 0.2) is 43.1 Å². The van der Waals surface area contributed by atoms with Crippen LogP contribution in [0.25, 0.3) is 10.9 Å². The summed E-state index contributed by atoms with van der Waals surface area (Å²) in [6.07, 6.45) is 2.34. The molecule has 0 N–H and O–H groups in total. The zero-order chi connectivity index (χ0) is 22.0. The van der Waals surface area contributed by atoms with E-state index in [1.165, 1.54) is 10.9 Å². The molecule has 0 spiro atoms. The number of halogens is 3. The van der Waals surface area contributed by atoms with Gasteiger partial charge in [0.2, 0.25) is 0 Å². The molecule has 0 aliphatic heterocycles. The fourth-order valence-electron chi connectivity index (χ4n) is 2.76. The van der Waals surface area contributed by atoms with Crippen molar-refractivity contribution in [3.63, 3.8) is 0 Å². The van der Waals surface area contributed by atoms with E-state index in [9.17, 15) is 4.79 Å². The Kier molecular flexibility index (Phi) is 7.21. The van der Waals surface area contributed by atoms with E-state index in [0.717, 1.165) is 10.9 Å². The predicted octanol–water partition coefficient (Wildman–Crippen LogP) is 5.95. The van der Waals surface area contributed by atoms with Crippen LogP contribution in [0.3, 0.4) is 0 Å². The fourth-order valence-corrected chi connectivity index (χ4v) is 3.77. The van der Waals surface area contributed by atoms with E-state index < -0.39 is 0 Å². The number of fused-ring (bicyclic) bond motifs is 1. The predicted molar refractivity (Wildman–Crippen MR) is 128 cm³/mol. The summed E-state index contributed by atoms with van der Waals surface area (Å²) in [5.74, 6) is 1.41. The summed E-state index contributed by atoms with van der Waals surface area (Å²) < 4.78 is 14.0. The van der Waals surface area contributed by atoms with Gasteiger partial charge >= 0.3 is 0 Å². The van der Waals surface area contributed by atoms with Crippen molar-refractivity contribution >= 4 is 60.6 Å². The zero-order valence-electron chi connectivity index (χ0n) is 16.9. The van der Waals surface area contributed by atoms with Crippen molar-refractivity contribution in [2.75, 3.05) is 7.11 Å². The smallest absolute Gasteiger partial charge is 0.282 e. The molecule has 9 heteroatoms. The molecule has 0 saturated carbocycles. The number of hydrogen-bond donors (Lipinski definition) is 0. The molecule has 0 bridgehead atoms. The Morgan fingerprint density at radius 1 is 1.33 bits per heavy atom. The van der Waals surface area contributed by atoms with Gasteiger partial charge in [-0.3, -0.25) is 4.79 Å². The number of benzene rings is 2. The van der Waals surface area contributed by atoms with Crippen molar-refractivity contribution in [1.82, 2.24) is 9.66 Å². The largest absolute Gasteiger partial charge is 0.493 e. The first-order valence-corrected chi connectivity index (χ1v) is 11.2. The molecule has 1 atom stereocenters. The summed E-state index contributed by atoms with van der Waals surface area (Å²) in [5, 5.41) is 5.20. The fraction of sp³-hybridized carbons (Fsp3) is 0.286. The molecule has 30 heavy (non-hydrogen) atoms. The lowest BCUT2D eigenvalue weighted by Gasteiger charge is -2.18. The molecule has 2 aromatic carbocycles. The van der Waals surface area contributed by atoms with Gasteiger partial charge in [-0.05, 0) is 60.5 Å². The molecule has 3 rings (SSSR count). The molecule has 0 fully saturated rings. The van der Waals surface area contributed by atoms with Crippen LogP contribution in [0.4, 0.5) is 0 Å². The number of aryl methyl sites for hydroxylation is 1. The lowest BCUT2D eigenvalue weighted by atomic mass is 10.2. The molecule has 158 valence electrons. The van der Waals surface area contributed by atoms with Crippen LogP contribution in [0.1, 0.15) is 31.7 Å². The number of rotatable bonds is 6. The van der Waals surface area contributed by atoms with Gasteiger partial charge in [-0.2, -0.15) is 9.78 Å². The molecule has 1 aromatic heterocycles. The lowest BCUT2D eigenvalue weighted by molar-refractivity contribution is 0.207. The van der Waals surface area contributed by atoms with Gasteiger partial charge in [0.05, 0.1) is 30.3 Å². The number of hydrogen-bond acceptors (Lipinski definition) is 5. The number of ether oxygens (including phenoxy) is 2. The highest BCUT2D eigenvalue weighted by Crippen LogP contribution is 2.42. The second-order valence-corrected chi connectivity index (χ2v) is 8.73. The first-order valence-electron chi connectivity index (χ1n) is 9.22. The Hall–Kier alpha value is -1.90. The number of aromatic nitrogens is 2. The van der Waals surface area contributed by atoms with Crippen molar-refractivity contribution in [2.24, 2.45) is 5.10 Å². The number of nitrogens with zero attached hydrogens (tertiary/aromatic N) is 3. The third kappa shape index (κ3) is 4.55. The Balaban J connectivity index is 2.08. The third-order valence-electron chi connectivity index (χ3n) is 4.55. The van der Waals surface area contributed by atoms with E-state index in [2.05, 4.69) is 41.9 Å².